The summed E-state index contributed by atoms with van der Waals surface area (Å²) in [5, 5.41) is 0. The van der Waals surface area contributed by atoms with Gasteiger partial charge in [-0.15, -0.1) is 0 Å². The molecule has 1 saturated heterocycles. The minimum Gasteiger partial charge on any atom is -0.490 e. The molecule has 0 aromatic carbocycles. The van der Waals surface area contributed by atoms with E-state index in [0.717, 1.165) is 30.7 Å². The molecule has 0 radical (unpaired) electrons. The number of nitrogens with one attached hydrogen (secondary N) is 1. The van der Waals surface area contributed by atoms with E-state index < -0.39 is 0 Å². The normalized spacial score (nSPS) is 19.9. The lowest BCUT2D eigenvalue weighted by Gasteiger charge is -2.24. The van der Waals surface area contributed by atoms with Gasteiger partial charge in [0.1, 0.15) is 6.33 Å². The second-order valence-corrected chi connectivity index (χ2v) is 5.65. The zero-order valence-electron chi connectivity index (χ0n) is 12.6. The van der Waals surface area contributed by atoms with Crippen LogP contribution < -0.4 is 20.9 Å². The molecule has 0 bridgehead atoms. The van der Waals surface area contributed by atoms with E-state index in [1.165, 1.54) is 25.6 Å². The van der Waals surface area contributed by atoms with Crippen molar-refractivity contribution in [2.45, 2.75) is 33.1 Å². The first-order valence-electron chi connectivity index (χ1n) is 7.28. The molecule has 20 heavy (non-hydrogen) atoms. The van der Waals surface area contributed by atoms with Crippen LogP contribution >= 0.6 is 0 Å². The van der Waals surface area contributed by atoms with Gasteiger partial charge in [-0.05, 0) is 31.1 Å². The number of rotatable bonds is 4. The molecule has 0 spiro atoms. The number of aromatic nitrogens is 2. The van der Waals surface area contributed by atoms with Gasteiger partial charge in [0.25, 0.3) is 0 Å². The Kier molecular flexibility index (Phi) is 5.00. The maximum absolute atomic E-state index is 5.48. The number of nitrogens with zero attached hydrogens (tertiary/aromatic N) is 3. The minimum absolute atomic E-state index is 0.530. The summed E-state index contributed by atoms with van der Waals surface area (Å²) in [5.74, 6) is 9.00. The van der Waals surface area contributed by atoms with Crippen LogP contribution in [0.4, 0.5) is 11.6 Å². The molecule has 1 fully saturated rings. The van der Waals surface area contributed by atoms with Crippen LogP contribution in [0.15, 0.2) is 6.33 Å². The third-order valence-electron chi connectivity index (χ3n) is 4.14. The van der Waals surface area contributed by atoms with Gasteiger partial charge in [-0.25, -0.2) is 15.8 Å². The Balaban J connectivity index is 2.19. The molecule has 3 N–H and O–H groups in total. The van der Waals surface area contributed by atoms with E-state index in [2.05, 4.69) is 34.1 Å². The summed E-state index contributed by atoms with van der Waals surface area (Å²) in [5.41, 5.74) is 2.57. The van der Waals surface area contributed by atoms with E-state index in [9.17, 15) is 0 Å². The van der Waals surface area contributed by atoms with Crippen LogP contribution in [-0.2, 0) is 0 Å². The van der Waals surface area contributed by atoms with E-state index >= 15 is 0 Å². The Hall–Kier alpha value is -1.56. The number of nitrogen functional groups attached to an aromatic ring is 1. The molecule has 6 heteroatoms. The summed E-state index contributed by atoms with van der Waals surface area (Å²) in [6.07, 6.45) is 5.18. The van der Waals surface area contributed by atoms with Gasteiger partial charge < -0.3 is 15.1 Å². The molecular weight excluding hydrogens is 254 g/mol. The lowest BCUT2D eigenvalue weighted by molar-refractivity contribution is 0.351. The molecule has 1 aromatic rings. The largest absolute Gasteiger partial charge is 0.490 e. The van der Waals surface area contributed by atoms with Crippen molar-refractivity contribution in [1.82, 2.24) is 9.97 Å². The van der Waals surface area contributed by atoms with Crippen LogP contribution in [0.25, 0.3) is 0 Å². The van der Waals surface area contributed by atoms with Crippen molar-refractivity contribution in [3.8, 4) is 5.75 Å². The highest BCUT2D eigenvalue weighted by Crippen LogP contribution is 2.34. The molecule has 0 aliphatic carbocycles. The van der Waals surface area contributed by atoms with Crippen molar-refractivity contribution in [1.29, 1.82) is 0 Å². The van der Waals surface area contributed by atoms with Crippen LogP contribution in [0, 0.1) is 11.8 Å². The molecule has 1 aromatic heterocycles. The van der Waals surface area contributed by atoms with Gasteiger partial charge in [0.15, 0.2) is 11.6 Å². The highest BCUT2D eigenvalue weighted by atomic mass is 16.5. The third-order valence-corrected chi connectivity index (χ3v) is 4.14. The second kappa shape index (κ2) is 6.74. The molecule has 2 rings (SSSR count). The van der Waals surface area contributed by atoms with E-state index in [-0.39, 0.29) is 0 Å². The predicted molar refractivity (Wildman–Crippen MR) is 80.8 cm³/mol. The highest BCUT2D eigenvalue weighted by Gasteiger charge is 2.23. The quantitative estimate of drug-likeness (QED) is 0.649. The maximum atomic E-state index is 5.48. The average Bonchev–Trinajstić information content (AvgIpc) is 2.72. The third kappa shape index (κ3) is 3.12. The molecule has 2 heterocycles. The number of nitrogens with two attached hydrogens (primary N) is 1. The standard InChI is InChI=1S/C14H25N5O/c1-10(2)11-5-4-7-19(8-6-11)14-12(20-3)13(18-15)16-9-17-14/h9-11H,4-8,15H2,1-3H3,(H,16,17,18). The van der Waals surface area contributed by atoms with Gasteiger partial charge in [0, 0.05) is 13.1 Å². The fraction of sp³-hybridized carbons (Fsp3) is 0.714. The summed E-state index contributed by atoms with van der Waals surface area (Å²) in [7, 11) is 1.62. The number of anilines is 2. The van der Waals surface area contributed by atoms with E-state index in [1.807, 2.05) is 0 Å². The van der Waals surface area contributed by atoms with Crippen molar-refractivity contribution in [3.05, 3.63) is 6.33 Å². The fourth-order valence-electron chi connectivity index (χ4n) is 2.88. The second-order valence-electron chi connectivity index (χ2n) is 5.65. The maximum Gasteiger partial charge on any atom is 0.205 e. The first kappa shape index (κ1) is 14.8. The zero-order valence-corrected chi connectivity index (χ0v) is 12.6. The van der Waals surface area contributed by atoms with Gasteiger partial charge in [-0.2, -0.15) is 0 Å². The van der Waals surface area contributed by atoms with E-state index in [0.29, 0.717) is 11.6 Å². The van der Waals surface area contributed by atoms with Gasteiger partial charge in [0.2, 0.25) is 5.75 Å². The van der Waals surface area contributed by atoms with Crippen molar-refractivity contribution in [3.63, 3.8) is 0 Å². The first-order chi connectivity index (χ1) is 9.67. The number of hydrogen-bond acceptors (Lipinski definition) is 6. The van der Waals surface area contributed by atoms with Crippen LogP contribution in [-0.4, -0.2) is 30.2 Å². The highest BCUT2D eigenvalue weighted by molar-refractivity contribution is 5.64. The Morgan fingerprint density at radius 3 is 2.80 bits per heavy atom. The average molecular weight is 279 g/mol. The summed E-state index contributed by atoms with van der Waals surface area (Å²) < 4.78 is 5.43. The van der Waals surface area contributed by atoms with Crippen molar-refractivity contribution >= 4 is 11.6 Å². The predicted octanol–water partition coefficient (Wildman–Crippen LogP) is 2.03. The summed E-state index contributed by atoms with van der Waals surface area (Å²) in [6.45, 7) is 6.62. The molecule has 6 nitrogen and oxygen atoms in total. The lowest BCUT2D eigenvalue weighted by Crippen LogP contribution is -2.26. The minimum atomic E-state index is 0.530. The Bertz CT molecular complexity index is 438. The Morgan fingerprint density at radius 2 is 2.15 bits per heavy atom. The molecule has 0 saturated carbocycles. The van der Waals surface area contributed by atoms with Crippen molar-refractivity contribution in [2.24, 2.45) is 17.7 Å². The molecule has 1 aliphatic rings. The molecule has 1 aliphatic heterocycles. The van der Waals surface area contributed by atoms with Crippen LogP contribution in [0.2, 0.25) is 0 Å². The molecular formula is C14H25N5O. The van der Waals surface area contributed by atoms with Gasteiger partial charge in [0.05, 0.1) is 7.11 Å². The molecule has 1 unspecified atom stereocenters. The summed E-state index contributed by atoms with van der Waals surface area (Å²) >= 11 is 0. The van der Waals surface area contributed by atoms with Crippen LogP contribution in [0.1, 0.15) is 33.1 Å². The van der Waals surface area contributed by atoms with Crippen LogP contribution in [0.5, 0.6) is 5.75 Å². The SMILES string of the molecule is COc1c(NN)ncnc1N1CCCC(C(C)C)CC1. The summed E-state index contributed by atoms with van der Waals surface area (Å²) in [6, 6.07) is 0. The Labute approximate surface area is 120 Å². The van der Waals surface area contributed by atoms with Crippen molar-refractivity contribution in [2.75, 3.05) is 30.5 Å². The summed E-state index contributed by atoms with van der Waals surface area (Å²) in [4.78, 5) is 10.8. The van der Waals surface area contributed by atoms with E-state index in [4.69, 9.17) is 10.6 Å². The van der Waals surface area contributed by atoms with Gasteiger partial charge >= 0.3 is 0 Å². The first-order valence-corrected chi connectivity index (χ1v) is 7.28. The molecule has 112 valence electrons. The lowest BCUT2D eigenvalue weighted by atomic mass is 9.89. The Morgan fingerprint density at radius 1 is 1.35 bits per heavy atom. The number of hydrazine groups is 1. The van der Waals surface area contributed by atoms with Crippen LogP contribution in [0.3, 0.4) is 0 Å². The monoisotopic (exact) mass is 279 g/mol. The fourth-order valence-corrected chi connectivity index (χ4v) is 2.88. The van der Waals surface area contributed by atoms with Crippen molar-refractivity contribution < 1.29 is 4.74 Å². The molecule has 1 atom stereocenters. The van der Waals surface area contributed by atoms with Gasteiger partial charge in [-0.1, -0.05) is 13.8 Å². The molecule has 0 amide bonds. The zero-order chi connectivity index (χ0) is 14.5. The smallest absolute Gasteiger partial charge is 0.205 e. The van der Waals surface area contributed by atoms with E-state index in [1.54, 1.807) is 7.11 Å². The van der Waals surface area contributed by atoms with Gasteiger partial charge in [-0.3, -0.25) is 0 Å². The topological polar surface area (TPSA) is 76.3 Å². The number of ether oxygens (including phenoxy) is 1. The number of hydrogen-bond donors (Lipinski definition) is 2. The number of methoxy groups -OCH3 is 1.